The maximum atomic E-state index is 12.3. The van der Waals surface area contributed by atoms with E-state index in [0.29, 0.717) is 5.69 Å². The predicted molar refractivity (Wildman–Crippen MR) is 74.6 cm³/mol. The van der Waals surface area contributed by atoms with Crippen molar-refractivity contribution in [2.45, 2.75) is 32.7 Å². The van der Waals surface area contributed by atoms with Crippen LogP contribution in [0.5, 0.6) is 0 Å². The van der Waals surface area contributed by atoms with Crippen LogP contribution in [0.2, 0.25) is 0 Å². The second kappa shape index (κ2) is 5.58. The minimum Gasteiger partial charge on any atom is -0.477 e. The SMILES string of the molecule is CC1(C)CCCNC1C(=O)Nc1ccc(C(=O)O)nc1. The van der Waals surface area contributed by atoms with Gasteiger partial charge < -0.3 is 15.7 Å². The van der Waals surface area contributed by atoms with Gasteiger partial charge in [-0.05, 0) is 36.9 Å². The molecule has 0 bridgehead atoms. The van der Waals surface area contributed by atoms with Crippen LogP contribution in [0.4, 0.5) is 5.69 Å². The van der Waals surface area contributed by atoms with Gasteiger partial charge in [-0.25, -0.2) is 9.78 Å². The van der Waals surface area contributed by atoms with Crippen LogP contribution in [-0.4, -0.2) is 34.6 Å². The number of pyridine rings is 1. The number of nitrogens with zero attached hydrogens (tertiary/aromatic N) is 1. The smallest absolute Gasteiger partial charge is 0.354 e. The topological polar surface area (TPSA) is 91.3 Å². The molecule has 1 unspecified atom stereocenters. The van der Waals surface area contributed by atoms with Crippen molar-refractivity contribution >= 4 is 17.6 Å². The summed E-state index contributed by atoms with van der Waals surface area (Å²) in [4.78, 5) is 26.8. The van der Waals surface area contributed by atoms with E-state index in [1.807, 2.05) is 0 Å². The fourth-order valence-electron chi connectivity index (χ4n) is 2.47. The molecular weight excluding hydrogens is 258 g/mol. The van der Waals surface area contributed by atoms with Crippen molar-refractivity contribution in [2.75, 3.05) is 11.9 Å². The van der Waals surface area contributed by atoms with Gasteiger partial charge in [-0.15, -0.1) is 0 Å². The van der Waals surface area contributed by atoms with Gasteiger partial charge in [0.05, 0.1) is 17.9 Å². The van der Waals surface area contributed by atoms with E-state index < -0.39 is 5.97 Å². The Morgan fingerprint density at radius 1 is 1.45 bits per heavy atom. The second-order valence-electron chi connectivity index (χ2n) is 5.71. The molecule has 0 aromatic carbocycles. The third-order valence-corrected chi connectivity index (χ3v) is 3.64. The number of nitrogens with one attached hydrogen (secondary N) is 2. The number of hydrogen-bond donors (Lipinski definition) is 3. The summed E-state index contributed by atoms with van der Waals surface area (Å²) in [5, 5.41) is 14.8. The molecule has 1 aromatic rings. The maximum absolute atomic E-state index is 12.3. The zero-order valence-corrected chi connectivity index (χ0v) is 11.6. The lowest BCUT2D eigenvalue weighted by Crippen LogP contribution is -2.53. The lowest BCUT2D eigenvalue weighted by Gasteiger charge is -2.38. The number of rotatable bonds is 3. The quantitative estimate of drug-likeness (QED) is 0.778. The van der Waals surface area contributed by atoms with Gasteiger partial charge in [0, 0.05) is 0 Å². The molecule has 108 valence electrons. The summed E-state index contributed by atoms with van der Waals surface area (Å²) in [7, 11) is 0. The molecule has 1 atom stereocenters. The van der Waals surface area contributed by atoms with Crippen molar-refractivity contribution in [1.29, 1.82) is 0 Å². The Morgan fingerprint density at radius 2 is 2.20 bits per heavy atom. The number of amides is 1. The van der Waals surface area contributed by atoms with Gasteiger partial charge in [-0.3, -0.25) is 4.79 Å². The predicted octanol–water partition coefficient (Wildman–Crippen LogP) is 1.50. The summed E-state index contributed by atoms with van der Waals surface area (Å²) >= 11 is 0. The van der Waals surface area contributed by atoms with E-state index in [1.165, 1.54) is 12.3 Å². The van der Waals surface area contributed by atoms with E-state index in [-0.39, 0.29) is 23.1 Å². The third kappa shape index (κ3) is 3.14. The van der Waals surface area contributed by atoms with Crippen molar-refractivity contribution < 1.29 is 14.7 Å². The monoisotopic (exact) mass is 277 g/mol. The minimum absolute atomic E-state index is 0.0425. The van der Waals surface area contributed by atoms with Crippen LogP contribution in [0.1, 0.15) is 37.2 Å². The molecule has 1 saturated heterocycles. The number of anilines is 1. The van der Waals surface area contributed by atoms with Gasteiger partial charge >= 0.3 is 5.97 Å². The molecule has 0 radical (unpaired) electrons. The van der Waals surface area contributed by atoms with Crippen molar-refractivity contribution in [2.24, 2.45) is 5.41 Å². The van der Waals surface area contributed by atoms with E-state index in [4.69, 9.17) is 5.11 Å². The number of piperidine rings is 1. The highest BCUT2D eigenvalue weighted by Gasteiger charge is 2.37. The lowest BCUT2D eigenvalue weighted by molar-refractivity contribution is -0.121. The molecule has 6 nitrogen and oxygen atoms in total. The summed E-state index contributed by atoms with van der Waals surface area (Å²) in [6, 6.07) is 2.66. The van der Waals surface area contributed by atoms with Gasteiger partial charge in [-0.2, -0.15) is 0 Å². The number of carboxylic acids is 1. The number of carboxylic acid groups (broad SMARTS) is 1. The van der Waals surface area contributed by atoms with Crippen LogP contribution in [0.15, 0.2) is 18.3 Å². The van der Waals surface area contributed by atoms with Crippen molar-refractivity contribution in [3.8, 4) is 0 Å². The van der Waals surface area contributed by atoms with E-state index >= 15 is 0 Å². The Balaban J connectivity index is 2.05. The van der Waals surface area contributed by atoms with Gasteiger partial charge in [0.2, 0.25) is 5.91 Å². The Bertz CT molecular complexity index is 511. The molecule has 3 N–H and O–H groups in total. The van der Waals surface area contributed by atoms with Crippen LogP contribution in [0.3, 0.4) is 0 Å². The fourth-order valence-corrected chi connectivity index (χ4v) is 2.47. The van der Waals surface area contributed by atoms with Crippen LogP contribution in [0, 0.1) is 5.41 Å². The van der Waals surface area contributed by atoms with Crippen LogP contribution >= 0.6 is 0 Å². The molecule has 0 aliphatic carbocycles. The summed E-state index contributed by atoms with van der Waals surface area (Å²) in [5.41, 5.74) is 0.360. The standard InChI is InChI=1S/C14H19N3O3/c1-14(2)6-3-7-15-11(14)12(18)17-9-4-5-10(13(19)20)16-8-9/h4-5,8,11,15H,3,6-7H2,1-2H3,(H,17,18)(H,19,20). The highest BCUT2D eigenvalue weighted by atomic mass is 16.4. The number of hydrogen-bond acceptors (Lipinski definition) is 4. The summed E-state index contributed by atoms with van der Waals surface area (Å²) in [6.45, 7) is 4.96. The molecule has 0 saturated carbocycles. The Morgan fingerprint density at radius 3 is 2.75 bits per heavy atom. The molecule has 0 spiro atoms. The van der Waals surface area contributed by atoms with Crippen molar-refractivity contribution in [3.63, 3.8) is 0 Å². The first kappa shape index (κ1) is 14.5. The van der Waals surface area contributed by atoms with Crippen LogP contribution in [0.25, 0.3) is 0 Å². The van der Waals surface area contributed by atoms with Gasteiger partial charge in [0.15, 0.2) is 0 Å². The van der Waals surface area contributed by atoms with Crippen molar-refractivity contribution in [3.05, 3.63) is 24.0 Å². The minimum atomic E-state index is -1.09. The van der Waals surface area contributed by atoms with E-state index in [1.54, 1.807) is 6.07 Å². The van der Waals surface area contributed by atoms with Crippen LogP contribution in [-0.2, 0) is 4.79 Å². The molecule has 1 aliphatic rings. The average Bonchev–Trinajstić information content (AvgIpc) is 2.38. The zero-order chi connectivity index (χ0) is 14.8. The Kier molecular flexibility index (Phi) is 4.04. The molecule has 20 heavy (non-hydrogen) atoms. The highest BCUT2D eigenvalue weighted by Crippen LogP contribution is 2.30. The Hall–Kier alpha value is -1.95. The molecule has 2 rings (SSSR count). The zero-order valence-electron chi connectivity index (χ0n) is 11.6. The largest absolute Gasteiger partial charge is 0.477 e. The fraction of sp³-hybridized carbons (Fsp3) is 0.500. The summed E-state index contributed by atoms with van der Waals surface area (Å²) in [5.74, 6) is -1.20. The molecule has 6 heteroatoms. The summed E-state index contributed by atoms with van der Waals surface area (Å²) < 4.78 is 0. The molecular formula is C14H19N3O3. The van der Waals surface area contributed by atoms with Gasteiger partial charge in [0.25, 0.3) is 0 Å². The number of carbonyl (C=O) groups excluding carboxylic acids is 1. The molecule has 1 aliphatic heterocycles. The van der Waals surface area contributed by atoms with E-state index in [9.17, 15) is 9.59 Å². The van der Waals surface area contributed by atoms with Gasteiger partial charge in [0.1, 0.15) is 5.69 Å². The second-order valence-corrected chi connectivity index (χ2v) is 5.71. The number of carbonyl (C=O) groups is 2. The van der Waals surface area contributed by atoms with Gasteiger partial charge in [-0.1, -0.05) is 13.8 Å². The molecule has 2 heterocycles. The van der Waals surface area contributed by atoms with E-state index in [0.717, 1.165) is 19.4 Å². The molecule has 1 amide bonds. The first-order valence-electron chi connectivity index (χ1n) is 6.64. The number of aromatic carboxylic acids is 1. The maximum Gasteiger partial charge on any atom is 0.354 e. The molecule has 1 fully saturated rings. The molecule has 1 aromatic heterocycles. The first-order chi connectivity index (χ1) is 9.40. The summed E-state index contributed by atoms with van der Waals surface area (Å²) in [6.07, 6.45) is 3.41. The number of aromatic nitrogens is 1. The lowest BCUT2D eigenvalue weighted by atomic mass is 9.77. The first-order valence-corrected chi connectivity index (χ1v) is 6.64. The highest BCUT2D eigenvalue weighted by molar-refractivity contribution is 5.95. The normalized spacial score (nSPS) is 21.2. The Labute approximate surface area is 117 Å². The van der Waals surface area contributed by atoms with E-state index in [2.05, 4.69) is 29.5 Å². The third-order valence-electron chi connectivity index (χ3n) is 3.64. The average molecular weight is 277 g/mol. The van der Waals surface area contributed by atoms with Crippen molar-refractivity contribution in [1.82, 2.24) is 10.3 Å². The van der Waals surface area contributed by atoms with Crippen LogP contribution < -0.4 is 10.6 Å².